The van der Waals surface area contributed by atoms with E-state index in [1.54, 1.807) is 0 Å². The average molecular weight is 361 g/mol. The number of amides is 2. The Hall–Kier alpha value is -1.63. The van der Waals surface area contributed by atoms with Crippen LogP contribution < -0.4 is 16.0 Å². The number of nitrogens with one attached hydrogen (secondary N) is 3. The fraction of sp³-hybridized carbons (Fsp3) is 0.842. The molecule has 26 heavy (non-hydrogen) atoms. The highest BCUT2D eigenvalue weighted by Gasteiger charge is 2.72. The molecule has 0 bridgehead atoms. The van der Waals surface area contributed by atoms with Crippen LogP contribution in [-0.2, 0) is 19.1 Å². The Balaban J connectivity index is 1.33. The van der Waals surface area contributed by atoms with Gasteiger partial charge in [0.25, 0.3) is 0 Å². The van der Waals surface area contributed by atoms with Gasteiger partial charge in [-0.1, -0.05) is 13.8 Å². The lowest BCUT2D eigenvalue weighted by molar-refractivity contribution is -0.166. The first-order valence-electron chi connectivity index (χ1n) is 9.64. The van der Waals surface area contributed by atoms with Gasteiger partial charge in [0.05, 0.1) is 18.6 Å². The SMILES string of the molecule is COC(=O)C1(NC(=O)[C@H]2NC[C@H]3[C@@H]2C3(C)C)CC2(CC3(CC3)NC2=O)C1. The summed E-state index contributed by atoms with van der Waals surface area (Å²) in [5.41, 5.74) is -1.46. The molecule has 3 N–H and O–H groups in total. The van der Waals surface area contributed by atoms with Crippen molar-refractivity contribution in [2.24, 2.45) is 22.7 Å². The molecular formula is C19H27N3O4. The Kier molecular flexibility index (Phi) is 2.93. The molecule has 7 nitrogen and oxygen atoms in total. The number of fused-ring (bicyclic) bond motifs is 1. The quantitative estimate of drug-likeness (QED) is 0.619. The predicted octanol–water partition coefficient (Wildman–Crippen LogP) is 0.0911. The van der Waals surface area contributed by atoms with Gasteiger partial charge in [-0.2, -0.15) is 0 Å². The van der Waals surface area contributed by atoms with Crippen LogP contribution in [0.3, 0.4) is 0 Å². The zero-order valence-electron chi connectivity index (χ0n) is 15.6. The number of hydrogen-bond acceptors (Lipinski definition) is 5. The van der Waals surface area contributed by atoms with E-state index in [1.807, 2.05) is 0 Å². The molecule has 0 radical (unpaired) electrons. The molecule has 0 aromatic carbocycles. The first-order valence-corrected chi connectivity index (χ1v) is 9.64. The molecule has 142 valence electrons. The highest BCUT2D eigenvalue weighted by molar-refractivity contribution is 5.97. The summed E-state index contributed by atoms with van der Waals surface area (Å²) in [5.74, 6) is 0.297. The fourth-order valence-electron chi connectivity index (χ4n) is 6.26. The van der Waals surface area contributed by atoms with Crippen molar-refractivity contribution in [1.29, 1.82) is 0 Å². The number of ether oxygens (including phenoxy) is 1. The van der Waals surface area contributed by atoms with Crippen molar-refractivity contribution in [1.82, 2.24) is 16.0 Å². The lowest BCUT2D eigenvalue weighted by Gasteiger charge is -2.51. The number of carbonyl (C=O) groups is 3. The van der Waals surface area contributed by atoms with Crippen molar-refractivity contribution in [2.45, 2.75) is 63.1 Å². The summed E-state index contributed by atoms with van der Waals surface area (Å²) in [5, 5.41) is 9.38. The molecule has 5 aliphatic rings. The summed E-state index contributed by atoms with van der Waals surface area (Å²) in [4.78, 5) is 38.0. The second-order valence-electron chi connectivity index (χ2n) is 9.95. The molecule has 0 aromatic heterocycles. The van der Waals surface area contributed by atoms with Crippen molar-refractivity contribution in [3.8, 4) is 0 Å². The number of rotatable bonds is 3. The van der Waals surface area contributed by atoms with Crippen molar-refractivity contribution in [3.63, 3.8) is 0 Å². The molecule has 3 saturated carbocycles. The van der Waals surface area contributed by atoms with Gasteiger partial charge >= 0.3 is 5.97 Å². The summed E-state index contributed by atoms with van der Waals surface area (Å²) in [6, 6.07) is -0.264. The molecule has 0 unspecified atom stereocenters. The van der Waals surface area contributed by atoms with E-state index in [9.17, 15) is 14.4 Å². The first kappa shape index (κ1) is 16.5. The molecule has 0 aromatic rings. The van der Waals surface area contributed by atoms with E-state index >= 15 is 0 Å². The normalized spacial score (nSPS) is 42.0. The van der Waals surface area contributed by atoms with Gasteiger partial charge in [-0.15, -0.1) is 0 Å². The van der Waals surface area contributed by atoms with Crippen molar-refractivity contribution in [2.75, 3.05) is 13.7 Å². The molecule has 2 spiro atoms. The second kappa shape index (κ2) is 4.61. The van der Waals surface area contributed by atoms with Crippen LogP contribution in [0.25, 0.3) is 0 Å². The summed E-state index contributed by atoms with van der Waals surface area (Å²) in [6.07, 6.45) is 3.49. The van der Waals surface area contributed by atoms with Crippen molar-refractivity contribution < 1.29 is 19.1 Å². The summed E-state index contributed by atoms with van der Waals surface area (Å²) in [6.45, 7) is 5.22. The Morgan fingerprint density at radius 1 is 1.19 bits per heavy atom. The third kappa shape index (κ3) is 1.95. The molecule has 5 fully saturated rings. The van der Waals surface area contributed by atoms with Crippen molar-refractivity contribution in [3.05, 3.63) is 0 Å². The third-order valence-corrected chi connectivity index (χ3v) is 7.95. The number of carbonyl (C=O) groups excluding carboxylic acids is 3. The van der Waals surface area contributed by atoms with E-state index in [-0.39, 0.29) is 28.8 Å². The topological polar surface area (TPSA) is 96.5 Å². The lowest BCUT2D eigenvalue weighted by Crippen LogP contribution is -2.70. The number of piperidine rings is 1. The van der Waals surface area contributed by atoms with Gasteiger partial charge in [0.2, 0.25) is 11.8 Å². The van der Waals surface area contributed by atoms with Gasteiger partial charge in [0.1, 0.15) is 5.54 Å². The largest absolute Gasteiger partial charge is 0.467 e. The molecule has 3 atom stereocenters. The fourth-order valence-corrected chi connectivity index (χ4v) is 6.26. The molecule has 2 aliphatic heterocycles. The maximum Gasteiger partial charge on any atom is 0.331 e. The molecule has 3 aliphatic carbocycles. The first-order chi connectivity index (χ1) is 12.2. The van der Waals surface area contributed by atoms with Gasteiger partial charge < -0.3 is 20.7 Å². The van der Waals surface area contributed by atoms with Crippen LogP contribution in [0, 0.1) is 22.7 Å². The minimum atomic E-state index is -1.07. The zero-order chi connectivity index (χ0) is 18.5. The Bertz CT molecular complexity index is 720. The van der Waals surface area contributed by atoms with E-state index in [0.29, 0.717) is 24.7 Å². The van der Waals surface area contributed by atoms with Crippen LogP contribution in [0.2, 0.25) is 0 Å². The number of hydrogen-bond donors (Lipinski definition) is 3. The van der Waals surface area contributed by atoms with E-state index in [0.717, 1.165) is 25.8 Å². The Morgan fingerprint density at radius 2 is 1.88 bits per heavy atom. The minimum Gasteiger partial charge on any atom is -0.467 e. The van der Waals surface area contributed by atoms with Crippen molar-refractivity contribution >= 4 is 17.8 Å². The lowest BCUT2D eigenvalue weighted by atomic mass is 9.55. The number of esters is 1. The third-order valence-electron chi connectivity index (χ3n) is 7.95. The molecule has 2 saturated heterocycles. The Labute approximate surface area is 153 Å². The summed E-state index contributed by atoms with van der Waals surface area (Å²) < 4.78 is 5.00. The van der Waals surface area contributed by atoms with E-state index in [1.165, 1.54) is 7.11 Å². The highest BCUT2D eigenvalue weighted by atomic mass is 16.5. The predicted molar refractivity (Wildman–Crippen MR) is 91.8 cm³/mol. The monoisotopic (exact) mass is 361 g/mol. The van der Waals surface area contributed by atoms with E-state index in [4.69, 9.17) is 4.74 Å². The maximum absolute atomic E-state index is 12.9. The smallest absolute Gasteiger partial charge is 0.331 e. The van der Waals surface area contributed by atoms with Gasteiger partial charge in [0.15, 0.2) is 0 Å². The average Bonchev–Trinajstić information content (AvgIpc) is 3.25. The molecule has 2 heterocycles. The van der Waals surface area contributed by atoms with Crippen LogP contribution >= 0.6 is 0 Å². The highest BCUT2D eigenvalue weighted by Crippen LogP contribution is 2.63. The molecular weight excluding hydrogens is 334 g/mol. The van der Waals surface area contributed by atoms with Crippen LogP contribution in [0.4, 0.5) is 0 Å². The van der Waals surface area contributed by atoms with Crippen LogP contribution in [0.5, 0.6) is 0 Å². The summed E-state index contributed by atoms with van der Waals surface area (Å²) in [7, 11) is 1.34. The van der Waals surface area contributed by atoms with Gasteiger partial charge in [-0.05, 0) is 55.9 Å². The van der Waals surface area contributed by atoms with Crippen LogP contribution in [0.1, 0.15) is 46.0 Å². The number of methoxy groups -OCH3 is 1. The van der Waals surface area contributed by atoms with Crippen LogP contribution in [0.15, 0.2) is 0 Å². The van der Waals surface area contributed by atoms with Crippen LogP contribution in [-0.4, -0.2) is 48.6 Å². The van der Waals surface area contributed by atoms with E-state index in [2.05, 4.69) is 29.8 Å². The minimum absolute atomic E-state index is 0.0335. The van der Waals surface area contributed by atoms with Gasteiger partial charge in [0, 0.05) is 5.54 Å². The van der Waals surface area contributed by atoms with Gasteiger partial charge in [-0.25, -0.2) is 4.79 Å². The van der Waals surface area contributed by atoms with E-state index < -0.39 is 16.9 Å². The summed E-state index contributed by atoms with van der Waals surface area (Å²) >= 11 is 0. The maximum atomic E-state index is 12.9. The molecule has 2 amide bonds. The van der Waals surface area contributed by atoms with Gasteiger partial charge in [-0.3, -0.25) is 9.59 Å². The zero-order valence-corrected chi connectivity index (χ0v) is 15.6. The standard InChI is InChI=1S/C19H27N3O4/c1-16(2)10-6-20-12(11(10)16)13(23)21-19(15(25)26-3)8-17(9-19)7-18(4-5-18)22-14(17)24/h10-12,20H,4-9H2,1-3H3,(H,21,23)(H,22,24)/t10-,11-,12-,17?,19?/m0/s1. The molecule has 7 heteroatoms. The second-order valence-corrected chi connectivity index (χ2v) is 9.95. The molecule has 5 rings (SSSR count). The Morgan fingerprint density at radius 3 is 2.38 bits per heavy atom.